The third kappa shape index (κ3) is 3.88. The van der Waals surface area contributed by atoms with Gasteiger partial charge in [-0.1, -0.05) is 71.8 Å². The third-order valence-electron chi connectivity index (χ3n) is 3.16. The van der Waals surface area contributed by atoms with Crippen molar-refractivity contribution < 1.29 is 4.79 Å². The van der Waals surface area contributed by atoms with Gasteiger partial charge in [0, 0.05) is 0 Å². The molecule has 0 fully saturated rings. The predicted molar refractivity (Wildman–Crippen MR) is 76.9 cm³/mol. The monoisotopic (exact) mass is 236 g/mol. The Balaban J connectivity index is 2.02. The van der Waals surface area contributed by atoms with E-state index >= 15 is 0 Å². The van der Waals surface area contributed by atoms with Crippen molar-refractivity contribution in [3.05, 3.63) is 71.8 Å². The van der Waals surface area contributed by atoms with E-state index in [0.717, 1.165) is 18.9 Å². The molecule has 0 heterocycles. The van der Waals surface area contributed by atoms with Gasteiger partial charge in [-0.2, -0.15) is 0 Å². The normalized spacial score (nSPS) is 10.0. The topological polar surface area (TPSA) is 17.1 Å². The van der Waals surface area contributed by atoms with Crippen LogP contribution >= 0.6 is 0 Å². The van der Waals surface area contributed by atoms with E-state index in [1.54, 1.807) is 0 Å². The van der Waals surface area contributed by atoms with Crippen LogP contribution in [0.1, 0.15) is 11.1 Å². The molecule has 2 aromatic carbocycles. The van der Waals surface area contributed by atoms with Crippen molar-refractivity contribution in [1.82, 2.24) is 0 Å². The Morgan fingerprint density at radius 1 is 0.778 bits per heavy atom. The van der Waals surface area contributed by atoms with E-state index in [-0.39, 0.29) is 0 Å². The Morgan fingerprint density at radius 2 is 1.22 bits per heavy atom. The summed E-state index contributed by atoms with van der Waals surface area (Å²) in [5.74, 6) is 0. The molecule has 0 saturated carbocycles. The first kappa shape index (κ1) is 12.6. The number of benzene rings is 2. The van der Waals surface area contributed by atoms with Gasteiger partial charge in [-0.05, 0) is 19.0 Å². The highest BCUT2D eigenvalue weighted by atomic mass is 16.1. The Labute approximate surface area is 109 Å². The third-order valence-corrected chi connectivity index (χ3v) is 3.16. The zero-order valence-electron chi connectivity index (χ0n) is 10.5. The average molecular weight is 236 g/mol. The quantitative estimate of drug-likeness (QED) is 0.555. The molecule has 0 aromatic heterocycles. The van der Waals surface area contributed by atoms with Crippen molar-refractivity contribution in [3.63, 3.8) is 0 Å². The Morgan fingerprint density at radius 3 is 1.61 bits per heavy atom. The van der Waals surface area contributed by atoms with Crippen molar-refractivity contribution in [2.45, 2.75) is 19.0 Å². The average Bonchev–Trinajstić information content (AvgIpc) is 2.41. The maximum absolute atomic E-state index is 10.8. The first-order valence-corrected chi connectivity index (χ1v) is 6.40. The van der Waals surface area contributed by atoms with E-state index in [0.29, 0.717) is 13.0 Å². The molecule has 0 aliphatic carbocycles. The number of carbonyl (C=O) groups is 1. The van der Waals surface area contributed by atoms with Gasteiger partial charge in [0.25, 0.3) is 0 Å². The number of aldehydes is 1. The van der Waals surface area contributed by atoms with E-state index < -0.39 is 0 Å². The molecule has 0 spiro atoms. The highest BCUT2D eigenvalue weighted by molar-refractivity contribution is 6.60. The molecule has 0 aliphatic rings. The molecule has 2 heteroatoms. The second-order valence-electron chi connectivity index (χ2n) is 4.65. The van der Waals surface area contributed by atoms with Gasteiger partial charge in [-0.3, -0.25) is 0 Å². The fraction of sp³-hybridized carbons (Fsp3) is 0.188. The summed E-state index contributed by atoms with van der Waals surface area (Å²) in [7, 11) is 0. The van der Waals surface area contributed by atoms with Crippen LogP contribution in [-0.2, 0) is 17.4 Å². The smallest absolute Gasteiger partial charge is 0.157 e. The van der Waals surface area contributed by atoms with Crippen molar-refractivity contribution in [2.24, 2.45) is 0 Å². The minimum absolute atomic E-state index is 0.396. The Bertz CT molecular complexity index is 425. The van der Waals surface area contributed by atoms with Crippen LogP contribution in [-0.4, -0.2) is 13.0 Å². The van der Waals surface area contributed by atoms with Crippen LogP contribution in [0.5, 0.6) is 0 Å². The molecular formula is C16H17BO. The van der Waals surface area contributed by atoms with E-state index in [4.69, 9.17) is 0 Å². The van der Waals surface area contributed by atoms with Gasteiger partial charge < -0.3 is 4.79 Å². The van der Waals surface area contributed by atoms with Gasteiger partial charge in [0.1, 0.15) is 6.29 Å². The van der Waals surface area contributed by atoms with Crippen molar-refractivity contribution in [3.8, 4) is 0 Å². The summed E-state index contributed by atoms with van der Waals surface area (Å²) in [5.41, 5.74) is 2.61. The SMILES string of the molecule is O=CCB(Cc1ccccc1)Cc1ccccc1. The molecule has 0 N–H and O–H groups in total. The lowest BCUT2D eigenvalue weighted by Crippen LogP contribution is -2.21. The van der Waals surface area contributed by atoms with Crippen LogP contribution in [0.4, 0.5) is 0 Å². The van der Waals surface area contributed by atoms with Gasteiger partial charge in [-0.15, -0.1) is 0 Å². The number of carbonyl (C=O) groups excluding carboxylic acids is 1. The molecule has 0 amide bonds. The summed E-state index contributed by atoms with van der Waals surface area (Å²) in [6.45, 7) is 0.396. The fourth-order valence-electron chi connectivity index (χ4n) is 2.27. The van der Waals surface area contributed by atoms with Crippen LogP contribution in [0.25, 0.3) is 0 Å². The molecule has 1 nitrogen and oxygen atoms in total. The molecule has 0 atom stereocenters. The summed E-state index contributed by atoms with van der Waals surface area (Å²) in [6, 6.07) is 20.8. The molecule has 0 unspecified atom stereocenters. The molecule has 0 bridgehead atoms. The molecule has 18 heavy (non-hydrogen) atoms. The number of hydrogen-bond donors (Lipinski definition) is 0. The minimum Gasteiger partial charge on any atom is -0.304 e. The second-order valence-corrected chi connectivity index (χ2v) is 4.65. The summed E-state index contributed by atoms with van der Waals surface area (Å²) in [5, 5.41) is 0. The van der Waals surface area contributed by atoms with Gasteiger partial charge in [0.15, 0.2) is 6.71 Å². The van der Waals surface area contributed by atoms with E-state index in [1.807, 2.05) is 12.1 Å². The highest BCUT2D eigenvalue weighted by Gasteiger charge is 2.14. The lowest BCUT2D eigenvalue weighted by atomic mass is 9.41. The van der Waals surface area contributed by atoms with Gasteiger partial charge in [0.05, 0.1) is 0 Å². The Hall–Kier alpha value is -1.83. The van der Waals surface area contributed by atoms with Gasteiger partial charge in [0.2, 0.25) is 0 Å². The molecule has 0 radical (unpaired) electrons. The summed E-state index contributed by atoms with van der Waals surface area (Å²) in [4.78, 5) is 10.8. The van der Waals surface area contributed by atoms with Crippen LogP contribution in [0, 0.1) is 0 Å². The highest BCUT2D eigenvalue weighted by Crippen LogP contribution is 2.10. The lowest BCUT2D eigenvalue weighted by Gasteiger charge is -2.11. The second kappa shape index (κ2) is 6.80. The van der Waals surface area contributed by atoms with Crippen molar-refractivity contribution >= 4 is 13.0 Å². The van der Waals surface area contributed by atoms with Gasteiger partial charge in [-0.25, -0.2) is 0 Å². The number of hydrogen-bond acceptors (Lipinski definition) is 1. The number of rotatable bonds is 6. The first-order valence-electron chi connectivity index (χ1n) is 6.40. The lowest BCUT2D eigenvalue weighted by molar-refractivity contribution is -0.106. The van der Waals surface area contributed by atoms with Crippen molar-refractivity contribution in [2.75, 3.05) is 0 Å². The van der Waals surface area contributed by atoms with Crippen LogP contribution < -0.4 is 0 Å². The van der Waals surface area contributed by atoms with Crippen LogP contribution in [0.2, 0.25) is 6.32 Å². The fourth-order valence-corrected chi connectivity index (χ4v) is 2.27. The zero-order chi connectivity index (χ0) is 12.6. The van der Waals surface area contributed by atoms with Crippen LogP contribution in [0.15, 0.2) is 60.7 Å². The van der Waals surface area contributed by atoms with Gasteiger partial charge >= 0.3 is 0 Å². The minimum atomic E-state index is 0.396. The van der Waals surface area contributed by atoms with Crippen molar-refractivity contribution in [1.29, 1.82) is 0 Å². The largest absolute Gasteiger partial charge is 0.304 e. The molecule has 0 saturated heterocycles. The molecule has 2 aromatic rings. The molecule has 2 rings (SSSR count). The first-order chi connectivity index (χ1) is 8.88. The predicted octanol–water partition coefficient (Wildman–Crippen LogP) is 3.24. The van der Waals surface area contributed by atoms with E-state index in [2.05, 4.69) is 48.5 Å². The summed E-state index contributed by atoms with van der Waals surface area (Å²) < 4.78 is 0. The van der Waals surface area contributed by atoms with E-state index in [9.17, 15) is 4.79 Å². The standard InChI is InChI=1S/C16H17BO/c18-12-11-17(13-15-7-3-1-4-8-15)14-16-9-5-2-6-10-16/h1-10,12H,11,13-14H2. The molecule has 90 valence electrons. The van der Waals surface area contributed by atoms with E-state index in [1.165, 1.54) is 11.1 Å². The Kier molecular flexibility index (Phi) is 4.77. The zero-order valence-corrected chi connectivity index (χ0v) is 10.5. The summed E-state index contributed by atoms with van der Waals surface area (Å²) in [6.07, 6.45) is 3.60. The maximum atomic E-state index is 10.8. The summed E-state index contributed by atoms with van der Waals surface area (Å²) >= 11 is 0. The maximum Gasteiger partial charge on any atom is 0.157 e. The molecule has 0 aliphatic heterocycles. The van der Waals surface area contributed by atoms with Crippen LogP contribution in [0.3, 0.4) is 0 Å². The molecular weight excluding hydrogens is 219 g/mol.